The van der Waals surface area contributed by atoms with Gasteiger partial charge in [-0.05, 0) is 22.1 Å². The van der Waals surface area contributed by atoms with Gasteiger partial charge in [-0.15, -0.1) is 0 Å². The molecule has 146 valence electrons. The third-order valence-electron chi connectivity index (χ3n) is 4.32. The lowest BCUT2D eigenvalue weighted by atomic mass is 10.1. The highest BCUT2D eigenvalue weighted by molar-refractivity contribution is 8.00. The molecule has 2 aromatic carbocycles. The summed E-state index contributed by atoms with van der Waals surface area (Å²) in [6, 6.07) is 24.0. The maximum absolute atomic E-state index is 12.8. The van der Waals surface area contributed by atoms with E-state index < -0.39 is 11.4 Å². The van der Waals surface area contributed by atoms with Crippen molar-refractivity contribution in [3.8, 4) is 23.0 Å². The number of carbonyl (C=O) groups is 1. The normalized spacial score (nSPS) is 10.5. The number of benzene rings is 2. The summed E-state index contributed by atoms with van der Waals surface area (Å²) in [6.45, 7) is 0. The lowest BCUT2D eigenvalue weighted by molar-refractivity contribution is -0.672. The molecule has 1 N–H and O–H groups in total. The molecular formula is C22H15N4O3S+. The fourth-order valence-corrected chi connectivity index (χ4v) is 3.71. The largest absolute Gasteiger partial charge is 0.438 e. The van der Waals surface area contributed by atoms with Crippen molar-refractivity contribution in [3.63, 3.8) is 0 Å². The lowest BCUT2D eigenvalue weighted by Gasteiger charge is -2.05. The van der Waals surface area contributed by atoms with Crippen LogP contribution in [0.3, 0.4) is 0 Å². The van der Waals surface area contributed by atoms with Crippen LogP contribution in [0.4, 0.5) is 0 Å². The zero-order valence-corrected chi connectivity index (χ0v) is 16.4. The highest BCUT2D eigenvalue weighted by atomic mass is 32.2. The zero-order chi connectivity index (χ0) is 20.9. The number of thioether (sulfide) groups is 1. The molecular weight excluding hydrogens is 400 g/mol. The number of nitrogens with zero attached hydrogens (tertiary/aromatic N) is 3. The fraction of sp³-hybridized carbons (Fsp3) is 0.0455. The molecule has 2 heterocycles. The van der Waals surface area contributed by atoms with Crippen molar-refractivity contribution >= 4 is 17.5 Å². The Labute approximate surface area is 175 Å². The van der Waals surface area contributed by atoms with E-state index in [1.54, 1.807) is 36.4 Å². The second-order valence-electron chi connectivity index (χ2n) is 6.24. The SMILES string of the molecule is N#Cc1ccc(-c2ccccc2)nc1SCC(=O)c1c(=O)o[nH][n+]1-c1ccccc1. The molecule has 0 aliphatic rings. The van der Waals surface area contributed by atoms with Crippen molar-refractivity contribution in [1.82, 2.24) is 10.3 Å². The number of pyridine rings is 1. The topological polar surface area (TPSA) is 104 Å². The summed E-state index contributed by atoms with van der Waals surface area (Å²) >= 11 is 1.11. The van der Waals surface area contributed by atoms with Gasteiger partial charge in [0.2, 0.25) is 11.5 Å². The lowest BCUT2D eigenvalue weighted by Crippen LogP contribution is -2.41. The molecule has 4 rings (SSSR count). The zero-order valence-electron chi connectivity index (χ0n) is 15.6. The molecule has 0 aliphatic carbocycles. The van der Waals surface area contributed by atoms with Gasteiger partial charge in [0, 0.05) is 17.7 Å². The van der Waals surface area contributed by atoms with Crippen LogP contribution >= 0.6 is 11.8 Å². The van der Waals surface area contributed by atoms with Crippen LogP contribution in [0.5, 0.6) is 0 Å². The van der Waals surface area contributed by atoms with E-state index in [0.29, 0.717) is 22.0 Å². The molecule has 0 saturated heterocycles. The van der Waals surface area contributed by atoms with Gasteiger partial charge in [-0.1, -0.05) is 60.3 Å². The van der Waals surface area contributed by atoms with Crippen molar-refractivity contribution in [2.75, 3.05) is 5.75 Å². The summed E-state index contributed by atoms with van der Waals surface area (Å²) < 4.78 is 6.14. The van der Waals surface area contributed by atoms with Gasteiger partial charge in [0.1, 0.15) is 11.1 Å². The molecule has 2 aromatic heterocycles. The second-order valence-corrected chi connectivity index (χ2v) is 7.20. The van der Waals surface area contributed by atoms with Crippen LogP contribution in [-0.4, -0.2) is 21.8 Å². The number of aromatic amines is 1. The minimum atomic E-state index is -0.754. The van der Waals surface area contributed by atoms with Crippen molar-refractivity contribution < 1.29 is 14.0 Å². The Morgan fingerprint density at radius 2 is 1.77 bits per heavy atom. The number of rotatable bonds is 6. The molecule has 0 spiro atoms. The number of carbonyl (C=O) groups excluding carboxylic acids is 1. The van der Waals surface area contributed by atoms with Gasteiger partial charge in [-0.25, -0.2) is 9.78 Å². The minimum Gasteiger partial charge on any atom is -0.286 e. The van der Waals surface area contributed by atoms with Crippen LogP contribution in [-0.2, 0) is 0 Å². The molecule has 4 aromatic rings. The molecule has 0 unspecified atom stereocenters. The number of para-hydroxylation sites is 1. The smallest absolute Gasteiger partial charge is 0.286 e. The average Bonchev–Trinajstić information content (AvgIpc) is 3.20. The maximum atomic E-state index is 12.8. The molecule has 0 amide bonds. The molecule has 0 bridgehead atoms. The summed E-state index contributed by atoms with van der Waals surface area (Å²) in [7, 11) is 0. The van der Waals surface area contributed by atoms with E-state index >= 15 is 0 Å². The summed E-state index contributed by atoms with van der Waals surface area (Å²) in [5.41, 5.74) is 1.69. The summed E-state index contributed by atoms with van der Waals surface area (Å²) in [5.74, 6) is -0.510. The first-order chi connectivity index (χ1) is 14.7. The molecule has 0 aliphatic heterocycles. The van der Waals surface area contributed by atoms with Crippen LogP contribution in [0.1, 0.15) is 16.1 Å². The molecule has 30 heavy (non-hydrogen) atoms. The predicted molar refractivity (Wildman–Crippen MR) is 110 cm³/mol. The Morgan fingerprint density at radius 1 is 1.07 bits per heavy atom. The highest BCUT2D eigenvalue weighted by Crippen LogP contribution is 2.25. The Morgan fingerprint density at radius 3 is 2.47 bits per heavy atom. The number of Topliss-reactive ketones (excluding diaryl/α,β-unsaturated/α-hetero) is 1. The fourth-order valence-electron chi connectivity index (χ4n) is 2.88. The van der Waals surface area contributed by atoms with Gasteiger partial charge in [0.15, 0.2) is 0 Å². The standard InChI is InChI=1S/C22H14N4O3S/c23-13-16-11-12-18(15-7-3-1-4-8-15)24-21(16)30-14-19(27)20-22(28)29-25-26(20)17-9-5-2-6-10-17/h1-12H,14H2/p+1. The summed E-state index contributed by atoms with van der Waals surface area (Å²) in [4.78, 5) is 29.5. The Bertz CT molecular complexity index is 1290. The van der Waals surface area contributed by atoms with Crippen LogP contribution in [0.2, 0.25) is 0 Å². The first-order valence-corrected chi connectivity index (χ1v) is 9.97. The molecule has 0 fully saturated rings. The van der Waals surface area contributed by atoms with Crippen LogP contribution in [0, 0.1) is 11.3 Å². The molecule has 7 nitrogen and oxygen atoms in total. The predicted octanol–water partition coefficient (Wildman–Crippen LogP) is 3.15. The first kappa shape index (κ1) is 19.4. The van der Waals surface area contributed by atoms with Crippen molar-refractivity contribution in [3.05, 3.63) is 94.5 Å². The summed E-state index contributed by atoms with van der Waals surface area (Å²) in [6.07, 6.45) is 0. The Hall–Kier alpha value is -3.96. The quantitative estimate of drug-likeness (QED) is 0.295. The van der Waals surface area contributed by atoms with E-state index in [1.165, 1.54) is 4.68 Å². The van der Waals surface area contributed by atoms with E-state index in [0.717, 1.165) is 17.3 Å². The molecule has 0 atom stereocenters. The van der Waals surface area contributed by atoms with Crippen LogP contribution in [0.15, 0.2) is 87.1 Å². The average molecular weight is 415 g/mol. The van der Waals surface area contributed by atoms with Gasteiger partial charge in [-0.3, -0.25) is 9.32 Å². The van der Waals surface area contributed by atoms with E-state index in [2.05, 4.69) is 16.3 Å². The van der Waals surface area contributed by atoms with Crippen molar-refractivity contribution in [2.24, 2.45) is 0 Å². The van der Waals surface area contributed by atoms with Gasteiger partial charge in [0.25, 0.3) is 0 Å². The third kappa shape index (κ3) is 3.92. The number of ketones is 1. The number of nitriles is 1. The van der Waals surface area contributed by atoms with Crippen LogP contribution < -0.4 is 10.3 Å². The molecule has 0 radical (unpaired) electrons. The Balaban J connectivity index is 1.60. The first-order valence-electron chi connectivity index (χ1n) is 8.99. The second kappa shape index (κ2) is 8.59. The van der Waals surface area contributed by atoms with E-state index in [9.17, 15) is 14.9 Å². The van der Waals surface area contributed by atoms with Gasteiger partial charge in [0.05, 0.1) is 17.0 Å². The number of hydrogen-bond acceptors (Lipinski definition) is 6. The van der Waals surface area contributed by atoms with Crippen LogP contribution in [0.25, 0.3) is 16.9 Å². The Kier molecular flexibility index (Phi) is 5.54. The van der Waals surface area contributed by atoms with E-state index in [-0.39, 0.29) is 11.4 Å². The third-order valence-corrected chi connectivity index (χ3v) is 5.31. The van der Waals surface area contributed by atoms with Gasteiger partial charge in [-0.2, -0.15) is 5.26 Å². The molecule has 0 saturated carbocycles. The van der Waals surface area contributed by atoms with E-state index in [4.69, 9.17) is 4.52 Å². The van der Waals surface area contributed by atoms with Gasteiger partial charge < -0.3 is 0 Å². The van der Waals surface area contributed by atoms with Crippen molar-refractivity contribution in [1.29, 1.82) is 5.26 Å². The monoisotopic (exact) mass is 415 g/mol. The summed E-state index contributed by atoms with van der Waals surface area (Å²) in [5, 5.41) is 12.3. The number of hydrogen-bond donors (Lipinski definition) is 1. The van der Waals surface area contributed by atoms with Crippen molar-refractivity contribution in [2.45, 2.75) is 5.03 Å². The van der Waals surface area contributed by atoms with Gasteiger partial charge >= 0.3 is 11.3 Å². The maximum Gasteiger partial charge on any atom is 0.438 e. The number of aromatic nitrogens is 3. The molecule has 8 heteroatoms. The number of nitrogens with one attached hydrogen (secondary N) is 1. The number of H-pyrrole nitrogens is 1. The highest BCUT2D eigenvalue weighted by Gasteiger charge is 2.30. The van der Waals surface area contributed by atoms with E-state index in [1.807, 2.05) is 36.4 Å². The minimum absolute atomic E-state index is 0.0740.